The average Bonchev–Trinajstić information content (AvgIpc) is 3.53. The van der Waals surface area contributed by atoms with E-state index in [0.29, 0.717) is 44.8 Å². The summed E-state index contributed by atoms with van der Waals surface area (Å²) < 4.78 is 48.1. The molecule has 0 aromatic rings. The quantitative estimate of drug-likeness (QED) is 0.0495. The standard InChI is InChI=1S/C44H68O23/c1-17-24(49)28(53)31(56)36(60-17)65-35-34(64-37-32(57)29(54)25(50)19(13-46)61-37)27(52)21(15-48)63-39(35)67-44-10-6-23-41(2)7-4-8-42(3,22(41)5-9-43(23,16-44)11-18(44)12-45)40(59)66-38-33(58)30(55)26(51)20(14-47)62-38/h11-12,17,19-39,46-58H,4-10,13-16H2,1-3H3/t17-,19+,20+,21+,22?,23?,24-,25+,26+,27+,28+,29-,30-,31+,32+,33+,34-,35+,36-,37-,38-,39-,41?,42?,43?,44?/m0/s1. The van der Waals surface area contributed by atoms with E-state index in [9.17, 15) is 76.0 Å². The molecule has 26 atom stereocenters. The second-order valence-corrected chi connectivity index (χ2v) is 20.6. The summed E-state index contributed by atoms with van der Waals surface area (Å²) in [5.41, 5.74) is -3.44. The fraction of sp³-hybridized carbons (Fsp3) is 0.909. The Hall–Kier alpha value is -1.92. The number of carbonyl (C=O) groups excluding carboxylic acids is 2. The molecule has 0 aromatic carbocycles. The van der Waals surface area contributed by atoms with Crippen molar-refractivity contribution in [2.75, 3.05) is 19.8 Å². The van der Waals surface area contributed by atoms with E-state index in [1.807, 2.05) is 6.08 Å². The summed E-state index contributed by atoms with van der Waals surface area (Å²) in [4.78, 5) is 27.5. The van der Waals surface area contributed by atoms with Gasteiger partial charge in [0.05, 0.1) is 31.3 Å². The molecule has 4 saturated heterocycles. The van der Waals surface area contributed by atoms with Crippen molar-refractivity contribution < 1.29 is 114 Å². The molecule has 6 unspecified atom stereocenters. The van der Waals surface area contributed by atoms with Gasteiger partial charge in [0, 0.05) is 5.57 Å². The number of rotatable bonds is 12. The fourth-order valence-electron chi connectivity index (χ4n) is 13.2. The third-order valence-electron chi connectivity index (χ3n) is 16.8. The van der Waals surface area contributed by atoms with Gasteiger partial charge in [0.2, 0.25) is 6.29 Å². The zero-order valence-electron chi connectivity index (χ0n) is 37.5. The molecule has 2 bridgehead atoms. The van der Waals surface area contributed by atoms with E-state index < -0.39 is 170 Å². The van der Waals surface area contributed by atoms with E-state index in [4.69, 9.17) is 37.9 Å². The molecule has 1 spiro atoms. The Morgan fingerprint density at radius 2 is 1.15 bits per heavy atom. The van der Waals surface area contributed by atoms with Crippen LogP contribution in [0.4, 0.5) is 0 Å². The summed E-state index contributed by atoms with van der Waals surface area (Å²) in [5.74, 6) is -1.06. The van der Waals surface area contributed by atoms with E-state index in [1.165, 1.54) is 6.92 Å². The van der Waals surface area contributed by atoms with Gasteiger partial charge in [0.25, 0.3) is 0 Å². The van der Waals surface area contributed by atoms with E-state index in [0.717, 1.165) is 0 Å². The molecule has 0 aromatic heterocycles. The lowest BCUT2D eigenvalue weighted by Gasteiger charge is -2.64. The first kappa shape index (κ1) is 51.4. The van der Waals surface area contributed by atoms with Crippen LogP contribution in [0.15, 0.2) is 11.6 Å². The smallest absolute Gasteiger partial charge is 0.314 e. The maximum Gasteiger partial charge on any atom is 0.314 e. The number of allylic oxidation sites excluding steroid dienone is 1. The van der Waals surface area contributed by atoms with Crippen LogP contribution >= 0.6 is 0 Å². The van der Waals surface area contributed by atoms with Crippen LogP contribution in [-0.4, -0.2) is 227 Å². The highest BCUT2D eigenvalue weighted by molar-refractivity contribution is 5.79. The number of hydrogen-bond donors (Lipinski definition) is 13. The maximum atomic E-state index is 14.3. The number of fused-ring (bicyclic) bond motifs is 3. The van der Waals surface area contributed by atoms with E-state index >= 15 is 0 Å². The van der Waals surface area contributed by atoms with Gasteiger partial charge in [-0.15, -0.1) is 0 Å². The SMILES string of the molecule is C[C@@H]1O[C@@H](O[C@H]2[C@H](OC34CCC5C(C=C3C=O)(CCC3C(C)(C(=O)O[C@@H]6O[C@H](CO)[C@@H](O)[C@H](O)[C@H]6O)CCCC53C)C4)O[C@H](CO)[C@@H](O)[C@@H]2O[C@@H]2O[C@H](CO)[C@@H](O)[C@H](O)[C@H]2O)[C@H](O)[C@H](O)[C@H]1O. The molecule has 13 N–H and O–H groups in total. The van der Waals surface area contributed by atoms with Crippen molar-refractivity contribution in [3.8, 4) is 0 Å². The van der Waals surface area contributed by atoms with E-state index in [2.05, 4.69) is 6.92 Å². The molecule has 0 radical (unpaired) electrons. The number of aldehydes is 1. The second kappa shape index (κ2) is 19.3. The van der Waals surface area contributed by atoms with Crippen LogP contribution in [0.1, 0.15) is 72.1 Å². The lowest BCUT2D eigenvalue weighted by molar-refractivity contribution is -0.399. The van der Waals surface area contributed by atoms with Gasteiger partial charge < -0.3 is 104 Å². The van der Waals surface area contributed by atoms with Crippen LogP contribution in [0.3, 0.4) is 0 Å². The van der Waals surface area contributed by atoms with Crippen LogP contribution in [0, 0.1) is 28.1 Å². The highest BCUT2D eigenvalue weighted by Gasteiger charge is 2.69. The predicted octanol–water partition coefficient (Wildman–Crippen LogP) is -4.91. The molecule has 8 aliphatic rings. The molecule has 8 rings (SSSR count). The molecule has 4 aliphatic carbocycles. The molecule has 23 nitrogen and oxygen atoms in total. The van der Waals surface area contributed by atoms with Gasteiger partial charge in [-0.1, -0.05) is 19.4 Å². The Balaban J connectivity index is 1.08. The van der Waals surface area contributed by atoms with Crippen molar-refractivity contribution >= 4 is 12.3 Å². The normalized spacial score (nSPS) is 54.4. The number of aliphatic hydroxyl groups is 13. The highest BCUT2D eigenvalue weighted by Crippen LogP contribution is 2.72. The van der Waals surface area contributed by atoms with E-state index in [1.54, 1.807) is 6.92 Å². The molecule has 67 heavy (non-hydrogen) atoms. The summed E-state index contributed by atoms with van der Waals surface area (Å²) in [7, 11) is 0. The molecular formula is C44H68O23. The maximum absolute atomic E-state index is 14.3. The molecule has 0 amide bonds. The van der Waals surface area contributed by atoms with Crippen molar-refractivity contribution in [3.05, 3.63) is 11.6 Å². The van der Waals surface area contributed by atoms with Gasteiger partial charge >= 0.3 is 5.97 Å². The third kappa shape index (κ3) is 8.54. The van der Waals surface area contributed by atoms with Gasteiger partial charge in [-0.25, -0.2) is 0 Å². The molecule has 7 fully saturated rings. The first-order valence-electron chi connectivity index (χ1n) is 23.3. The Labute approximate surface area is 385 Å². The van der Waals surface area contributed by atoms with Crippen LogP contribution in [0.2, 0.25) is 0 Å². The Kier molecular flexibility index (Phi) is 14.8. The second-order valence-electron chi connectivity index (χ2n) is 20.6. The molecule has 4 aliphatic heterocycles. The minimum Gasteiger partial charge on any atom is -0.432 e. The van der Waals surface area contributed by atoms with Crippen LogP contribution in [-0.2, 0) is 47.5 Å². The molecular weight excluding hydrogens is 896 g/mol. The number of carbonyl (C=O) groups is 2. The Morgan fingerprint density at radius 1 is 0.627 bits per heavy atom. The summed E-state index contributed by atoms with van der Waals surface area (Å²) in [6, 6.07) is 0. The number of aliphatic hydroxyl groups excluding tert-OH is 13. The average molecular weight is 965 g/mol. The third-order valence-corrected chi connectivity index (χ3v) is 16.8. The van der Waals surface area contributed by atoms with Gasteiger partial charge in [-0.3, -0.25) is 9.59 Å². The Morgan fingerprint density at radius 3 is 1.76 bits per heavy atom. The van der Waals surface area contributed by atoms with Crippen molar-refractivity contribution in [2.45, 2.75) is 201 Å². The molecule has 4 heterocycles. The summed E-state index contributed by atoms with van der Waals surface area (Å²) >= 11 is 0. The minimum absolute atomic E-state index is 0.124. The van der Waals surface area contributed by atoms with Crippen molar-refractivity contribution in [1.82, 2.24) is 0 Å². The van der Waals surface area contributed by atoms with Crippen LogP contribution < -0.4 is 0 Å². The number of esters is 1. The molecule has 382 valence electrons. The van der Waals surface area contributed by atoms with Crippen LogP contribution in [0.5, 0.6) is 0 Å². The van der Waals surface area contributed by atoms with Gasteiger partial charge in [0.15, 0.2) is 18.9 Å². The monoisotopic (exact) mass is 964 g/mol. The zero-order chi connectivity index (χ0) is 48.7. The number of ether oxygens (including phenoxy) is 8. The summed E-state index contributed by atoms with van der Waals surface area (Å²) in [6.07, 6.45) is -27.4. The predicted molar refractivity (Wildman–Crippen MR) is 218 cm³/mol. The van der Waals surface area contributed by atoms with Crippen molar-refractivity contribution in [2.24, 2.45) is 28.1 Å². The largest absolute Gasteiger partial charge is 0.432 e. The van der Waals surface area contributed by atoms with Crippen molar-refractivity contribution in [1.29, 1.82) is 0 Å². The van der Waals surface area contributed by atoms with Gasteiger partial charge in [0.1, 0.15) is 103 Å². The Bertz CT molecular complexity index is 1800. The number of hydrogen-bond acceptors (Lipinski definition) is 23. The molecule has 3 saturated carbocycles. The van der Waals surface area contributed by atoms with Crippen LogP contribution in [0.25, 0.3) is 0 Å². The highest BCUT2D eigenvalue weighted by atomic mass is 16.8. The van der Waals surface area contributed by atoms with E-state index in [-0.39, 0.29) is 30.3 Å². The first-order valence-corrected chi connectivity index (χ1v) is 23.3. The lowest BCUT2D eigenvalue weighted by atomic mass is 9.40. The molecule has 23 heteroatoms. The fourth-order valence-corrected chi connectivity index (χ4v) is 13.2. The minimum atomic E-state index is -1.96. The summed E-state index contributed by atoms with van der Waals surface area (Å²) in [6.45, 7) is 2.98. The summed E-state index contributed by atoms with van der Waals surface area (Å²) in [5, 5.41) is 137. The van der Waals surface area contributed by atoms with Gasteiger partial charge in [-0.05, 0) is 81.5 Å². The lowest BCUT2D eigenvalue weighted by Crippen LogP contribution is -2.68. The first-order chi connectivity index (χ1) is 31.6. The topological polar surface area (TPSA) is 371 Å². The zero-order valence-corrected chi connectivity index (χ0v) is 37.5. The van der Waals surface area contributed by atoms with Gasteiger partial charge in [-0.2, -0.15) is 0 Å². The van der Waals surface area contributed by atoms with Crippen molar-refractivity contribution in [3.63, 3.8) is 0 Å².